The van der Waals surface area contributed by atoms with Gasteiger partial charge in [0.1, 0.15) is 5.03 Å². The summed E-state index contributed by atoms with van der Waals surface area (Å²) < 4.78 is 13.4. The highest BCUT2D eigenvalue weighted by Crippen LogP contribution is 2.21. The van der Waals surface area contributed by atoms with Gasteiger partial charge in [-0.3, -0.25) is 0 Å². The highest BCUT2D eigenvalue weighted by molar-refractivity contribution is 7.99. The van der Waals surface area contributed by atoms with E-state index in [1.807, 2.05) is 0 Å². The van der Waals surface area contributed by atoms with Crippen molar-refractivity contribution >= 4 is 23.4 Å². The Bertz CT molecular complexity index is 332. The third-order valence-electron chi connectivity index (χ3n) is 2.31. The van der Waals surface area contributed by atoms with E-state index in [0.29, 0.717) is 10.0 Å². The Morgan fingerprint density at radius 2 is 2.12 bits per heavy atom. The highest BCUT2D eigenvalue weighted by atomic mass is 35.5. The molecule has 5 heteroatoms. The van der Waals surface area contributed by atoms with Crippen LogP contribution in [0, 0.1) is 5.82 Å². The minimum Gasteiger partial charge on any atom is -0.303 e. The summed E-state index contributed by atoms with van der Waals surface area (Å²) in [4.78, 5) is 6.26. The number of thioether (sulfide) groups is 1. The third-order valence-corrected chi connectivity index (χ3v) is 3.48. The van der Waals surface area contributed by atoms with Crippen LogP contribution in [0.5, 0.6) is 0 Å². The van der Waals surface area contributed by atoms with Crippen molar-refractivity contribution in [2.45, 2.75) is 18.9 Å². The molecule has 0 spiro atoms. The molecule has 1 rings (SSSR count). The van der Waals surface area contributed by atoms with Gasteiger partial charge in [0, 0.05) is 18.5 Å². The summed E-state index contributed by atoms with van der Waals surface area (Å²) in [5.74, 6) is 0.504. The summed E-state index contributed by atoms with van der Waals surface area (Å²) in [7, 11) is 0. The van der Waals surface area contributed by atoms with E-state index in [1.54, 1.807) is 0 Å². The maximum atomic E-state index is 13.4. The lowest BCUT2D eigenvalue weighted by atomic mass is 10.5. The monoisotopic (exact) mass is 262 g/mol. The van der Waals surface area contributed by atoms with E-state index in [1.165, 1.54) is 24.0 Å². The number of halogens is 2. The van der Waals surface area contributed by atoms with Crippen molar-refractivity contribution in [3.8, 4) is 0 Å². The van der Waals surface area contributed by atoms with Crippen LogP contribution in [-0.2, 0) is 0 Å². The molecule has 0 atom stereocenters. The Balaban J connectivity index is 2.42. The smallest absolute Gasteiger partial charge is 0.156 e. The first-order chi connectivity index (χ1) is 7.67. The maximum absolute atomic E-state index is 13.4. The normalized spacial score (nSPS) is 11.1. The number of rotatable bonds is 6. The summed E-state index contributed by atoms with van der Waals surface area (Å²) >= 11 is 7.05. The SMILES string of the molecule is CCN(CC)CCSc1ncc(Cl)cc1F. The van der Waals surface area contributed by atoms with Crippen molar-refractivity contribution in [2.75, 3.05) is 25.4 Å². The molecule has 16 heavy (non-hydrogen) atoms. The molecule has 0 aliphatic rings. The molecule has 1 heterocycles. The second kappa shape index (κ2) is 7.09. The molecular formula is C11H16ClFN2S. The van der Waals surface area contributed by atoms with Gasteiger partial charge in [0.25, 0.3) is 0 Å². The molecule has 0 unspecified atom stereocenters. The molecule has 0 fully saturated rings. The zero-order chi connectivity index (χ0) is 12.0. The van der Waals surface area contributed by atoms with Gasteiger partial charge >= 0.3 is 0 Å². The predicted octanol–water partition coefficient (Wildman–Crippen LogP) is 3.31. The van der Waals surface area contributed by atoms with Crippen LogP contribution < -0.4 is 0 Å². The molecule has 2 nitrogen and oxygen atoms in total. The van der Waals surface area contributed by atoms with Gasteiger partial charge in [0.2, 0.25) is 0 Å². The molecule has 0 aromatic carbocycles. The molecule has 0 amide bonds. The van der Waals surface area contributed by atoms with Gasteiger partial charge in [-0.1, -0.05) is 25.4 Å². The van der Waals surface area contributed by atoms with Crippen molar-refractivity contribution < 1.29 is 4.39 Å². The van der Waals surface area contributed by atoms with E-state index in [-0.39, 0.29) is 5.82 Å². The Hall–Kier alpha value is -0.320. The number of nitrogens with zero attached hydrogens (tertiary/aromatic N) is 2. The van der Waals surface area contributed by atoms with Crippen molar-refractivity contribution in [1.82, 2.24) is 9.88 Å². The van der Waals surface area contributed by atoms with Crippen LogP contribution in [0.15, 0.2) is 17.3 Å². The van der Waals surface area contributed by atoms with E-state index < -0.39 is 0 Å². The van der Waals surface area contributed by atoms with Crippen molar-refractivity contribution in [2.24, 2.45) is 0 Å². The summed E-state index contributed by atoms with van der Waals surface area (Å²) in [5.41, 5.74) is 0. The van der Waals surface area contributed by atoms with Gasteiger partial charge in [0.05, 0.1) is 5.02 Å². The van der Waals surface area contributed by atoms with Gasteiger partial charge in [-0.05, 0) is 19.2 Å². The minimum atomic E-state index is -0.336. The average Bonchev–Trinajstić information content (AvgIpc) is 2.27. The fourth-order valence-corrected chi connectivity index (χ4v) is 2.33. The maximum Gasteiger partial charge on any atom is 0.156 e. The first kappa shape index (κ1) is 13.7. The fraction of sp³-hybridized carbons (Fsp3) is 0.545. The van der Waals surface area contributed by atoms with Crippen LogP contribution in [0.2, 0.25) is 5.02 Å². The zero-order valence-electron chi connectivity index (χ0n) is 9.54. The summed E-state index contributed by atoms with van der Waals surface area (Å²) in [5, 5.41) is 0.766. The Morgan fingerprint density at radius 1 is 1.44 bits per heavy atom. The molecule has 0 aliphatic heterocycles. The van der Waals surface area contributed by atoms with Crippen LogP contribution in [0.3, 0.4) is 0 Å². The predicted molar refractivity (Wildman–Crippen MR) is 67.7 cm³/mol. The van der Waals surface area contributed by atoms with Crippen LogP contribution in [0.25, 0.3) is 0 Å². The van der Waals surface area contributed by atoms with E-state index in [9.17, 15) is 4.39 Å². The molecule has 0 radical (unpaired) electrons. The molecule has 1 aromatic heterocycles. The van der Waals surface area contributed by atoms with Crippen molar-refractivity contribution in [3.63, 3.8) is 0 Å². The summed E-state index contributed by atoms with van der Waals surface area (Å²) in [6, 6.07) is 1.30. The average molecular weight is 263 g/mol. The number of pyridine rings is 1. The van der Waals surface area contributed by atoms with Crippen molar-refractivity contribution in [1.29, 1.82) is 0 Å². The quantitative estimate of drug-likeness (QED) is 0.732. The first-order valence-electron chi connectivity index (χ1n) is 5.33. The van der Waals surface area contributed by atoms with Gasteiger partial charge in [-0.25, -0.2) is 9.37 Å². The molecule has 0 bridgehead atoms. The van der Waals surface area contributed by atoms with Crippen LogP contribution in [0.4, 0.5) is 4.39 Å². The largest absolute Gasteiger partial charge is 0.303 e. The van der Waals surface area contributed by atoms with E-state index in [0.717, 1.165) is 25.4 Å². The zero-order valence-corrected chi connectivity index (χ0v) is 11.1. The lowest BCUT2D eigenvalue weighted by molar-refractivity contribution is 0.324. The number of hydrogen-bond donors (Lipinski definition) is 0. The van der Waals surface area contributed by atoms with Crippen LogP contribution >= 0.6 is 23.4 Å². The second-order valence-electron chi connectivity index (χ2n) is 3.32. The van der Waals surface area contributed by atoms with Crippen molar-refractivity contribution in [3.05, 3.63) is 23.1 Å². The molecule has 90 valence electrons. The molecule has 0 N–H and O–H groups in total. The fourth-order valence-electron chi connectivity index (χ4n) is 1.32. The molecule has 0 saturated carbocycles. The first-order valence-corrected chi connectivity index (χ1v) is 6.70. The lowest BCUT2D eigenvalue weighted by Gasteiger charge is -2.17. The topological polar surface area (TPSA) is 16.1 Å². The summed E-state index contributed by atoms with van der Waals surface area (Å²) in [6.07, 6.45) is 1.48. The van der Waals surface area contributed by atoms with Crippen LogP contribution in [-0.4, -0.2) is 35.3 Å². The second-order valence-corrected chi connectivity index (χ2v) is 4.84. The third kappa shape index (κ3) is 4.28. The number of aromatic nitrogens is 1. The Kier molecular flexibility index (Phi) is 6.09. The van der Waals surface area contributed by atoms with E-state index >= 15 is 0 Å². The molecule has 1 aromatic rings. The standard InChI is InChI=1S/C11H16ClFN2S/c1-3-15(4-2)5-6-16-11-10(13)7-9(12)8-14-11/h7-8H,3-6H2,1-2H3. The van der Waals surface area contributed by atoms with Crippen LogP contribution in [0.1, 0.15) is 13.8 Å². The highest BCUT2D eigenvalue weighted by Gasteiger charge is 2.06. The summed E-state index contributed by atoms with van der Waals surface area (Å²) in [6.45, 7) is 7.23. The molecule has 0 saturated heterocycles. The number of hydrogen-bond acceptors (Lipinski definition) is 3. The van der Waals surface area contributed by atoms with Gasteiger partial charge < -0.3 is 4.90 Å². The van der Waals surface area contributed by atoms with E-state index in [4.69, 9.17) is 11.6 Å². The Labute approximate surface area is 105 Å². The van der Waals surface area contributed by atoms with E-state index in [2.05, 4.69) is 23.7 Å². The Morgan fingerprint density at radius 3 is 2.69 bits per heavy atom. The van der Waals surface area contributed by atoms with Gasteiger partial charge in [-0.15, -0.1) is 11.8 Å². The van der Waals surface area contributed by atoms with Gasteiger partial charge in [0.15, 0.2) is 5.82 Å². The molecular weight excluding hydrogens is 247 g/mol. The molecule has 0 aliphatic carbocycles. The van der Waals surface area contributed by atoms with Gasteiger partial charge in [-0.2, -0.15) is 0 Å². The minimum absolute atomic E-state index is 0.336. The lowest BCUT2D eigenvalue weighted by Crippen LogP contribution is -2.25.